The quantitative estimate of drug-likeness (QED) is 0.400. The van der Waals surface area contributed by atoms with E-state index >= 15 is 0 Å². The third-order valence-corrected chi connectivity index (χ3v) is 0. The second-order valence-electron chi connectivity index (χ2n) is 0.915. The van der Waals surface area contributed by atoms with E-state index in [4.69, 9.17) is 25.2 Å². The van der Waals surface area contributed by atoms with Crippen molar-refractivity contribution < 1.29 is 25.2 Å². The minimum Gasteiger partial charge on any atom is -0.450 e. The largest absolute Gasteiger partial charge is 0.503 e. The van der Waals surface area contributed by atoms with Crippen LogP contribution in [0.4, 0.5) is 4.79 Å². The first-order chi connectivity index (χ1) is 4.56. The molecule has 0 fully saturated rings. The van der Waals surface area contributed by atoms with Crippen molar-refractivity contribution in [1.29, 1.82) is 0 Å². The molecule has 0 rings (SSSR count). The Labute approximate surface area is 59.5 Å². The first-order valence-corrected chi connectivity index (χ1v) is 2.70. The number of aliphatic hydroxyl groups is 2. The van der Waals surface area contributed by atoms with Crippen LogP contribution in [0.3, 0.4) is 0 Å². The highest BCUT2D eigenvalue weighted by molar-refractivity contribution is 5.53. The number of hydrogen-bond acceptors (Lipinski definition) is 3. The molecule has 0 saturated heterocycles. The van der Waals surface area contributed by atoms with Crippen molar-refractivity contribution >= 4 is 6.16 Å². The number of rotatable bonds is 0. The molecular formula is C5H14O5. The van der Waals surface area contributed by atoms with E-state index in [-0.39, 0.29) is 13.2 Å². The van der Waals surface area contributed by atoms with Crippen LogP contribution in [0.25, 0.3) is 0 Å². The van der Waals surface area contributed by atoms with Crippen LogP contribution in [0.1, 0.15) is 13.8 Å². The van der Waals surface area contributed by atoms with Crippen LogP contribution in [0.5, 0.6) is 0 Å². The van der Waals surface area contributed by atoms with Crippen molar-refractivity contribution in [3.8, 4) is 0 Å². The van der Waals surface area contributed by atoms with Crippen LogP contribution in [0, 0.1) is 0 Å². The maximum Gasteiger partial charge on any atom is 0.503 e. The highest BCUT2D eigenvalue weighted by Crippen LogP contribution is 1.42. The molecule has 0 aliphatic rings. The SMILES string of the molecule is CCO.CCO.O=C(O)O. The Morgan fingerprint density at radius 1 is 1.10 bits per heavy atom. The molecule has 0 radical (unpaired) electrons. The van der Waals surface area contributed by atoms with E-state index in [2.05, 4.69) is 0 Å². The summed E-state index contributed by atoms with van der Waals surface area (Å²) in [4.78, 5) is 8.56. The first kappa shape index (κ1) is 16.1. The van der Waals surface area contributed by atoms with Crippen molar-refractivity contribution in [2.75, 3.05) is 13.2 Å². The van der Waals surface area contributed by atoms with Crippen molar-refractivity contribution in [3.63, 3.8) is 0 Å². The molecule has 0 aromatic heterocycles. The Hall–Kier alpha value is -0.810. The van der Waals surface area contributed by atoms with Gasteiger partial charge in [-0.15, -0.1) is 0 Å². The van der Waals surface area contributed by atoms with E-state index in [1.165, 1.54) is 0 Å². The summed E-state index contributed by atoms with van der Waals surface area (Å²) in [6.45, 7) is 3.86. The fraction of sp³-hybridized carbons (Fsp3) is 0.800. The van der Waals surface area contributed by atoms with Gasteiger partial charge in [0, 0.05) is 13.2 Å². The summed E-state index contributed by atoms with van der Waals surface area (Å²) in [6, 6.07) is 0. The molecule has 0 heterocycles. The Morgan fingerprint density at radius 2 is 1.10 bits per heavy atom. The van der Waals surface area contributed by atoms with E-state index in [0.29, 0.717) is 0 Å². The summed E-state index contributed by atoms with van der Waals surface area (Å²) >= 11 is 0. The van der Waals surface area contributed by atoms with Crippen molar-refractivity contribution in [2.45, 2.75) is 13.8 Å². The highest BCUT2D eigenvalue weighted by Gasteiger charge is 1.70. The molecule has 0 aliphatic carbocycles. The first-order valence-electron chi connectivity index (χ1n) is 2.70. The number of hydrogen-bond donors (Lipinski definition) is 4. The van der Waals surface area contributed by atoms with Gasteiger partial charge in [-0.1, -0.05) is 0 Å². The average Bonchev–Trinajstić information content (AvgIpc) is 1.65. The zero-order valence-electron chi connectivity index (χ0n) is 6.11. The molecule has 0 unspecified atom stereocenters. The predicted octanol–water partition coefficient (Wildman–Crippen LogP) is 0.220. The molecular weight excluding hydrogens is 140 g/mol. The number of carbonyl (C=O) groups is 1. The van der Waals surface area contributed by atoms with Gasteiger partial charge in [0.2, 0.25) is 0 Å². The smallest absolute Gasteiger partial charge is 0.450 e. The fourth-order valence-electron chi connectivity index (χ4n) is 0. The summed E-state index contributed by atoms with van der Waals surface area (Å²) in [5.74, 6) is 0. The van der Waals surface area contributed by atoms with E-state index < -0.39 is 6.16 Å². The molecule has 5 nitrogen and oxygen atoms in total. The molecule has 0 saturated carbocycles. The van der Waals surface area contributed by atoms with Gasteiger partial charge in [0.1, 0.15) is 0 Å². The third-order valence-electron chi connectivity index (χ3n) is 0. The van der Waals surface area contributed by atoms with Crippen molar-refractivity contribution in [1.82, 2.24) is 0 Å². The summed E-state index contributed by atoms with van der Waals surface area (Å²) in [5, 5.41) is 29.1. The van der Waals surface area contributed by atoms with Gasteiger partial charge < -0.3 is 20.4 Å². The Kier molecular flexibility index (Phi) is 38.8. The second-order valence-corrected chi connectivity index (χ2v) is 0.915. The molecule has 10 heavy (non-hydrogen) atoms. The topological polar surface area (TPSA) is 98.0 Å². The molecule has 0 bridgehead atoms. The van der Waals surface area contributed by atoms with Crippen LogP contribution in [-0.2, 0) is 0 Å². The minimum absolute atomic E-state index is 0.250. The van der Waals surface area contributed by atoms with Crippen LogP contribution in [-0.4, -0.2) is 39.8 Å². The molecule has 0 spiro atoms. The predicted molar refractivity (Wildman–Crippen MR) is 36.2 cm³/mol. The molecule has 0 aliphatic heterocycles. The standard InChI is InChI=1S/2C2H6O.CH2O3/c2*1-2-3;2-1(3)4/h2*3H,2H2,1H3;(H2,2,3,4). The van der Waals surface area contributed by atoms with Gasteiger partial charge >= 0.3 is 6.16 Å². The summed E-state index contributed by atoms with van der Waals surface area (Å²) in [6.07, 6.45) is -1.83. The van der Waals surface area contributed by atoms with Crippen LogP contribution in [0.15, 0.2) is 0 Å². The average molecular weight is 154 g/mol. The lowest BCUT2D eigenvalue weighted by atomic mass is 10.9. The molecule has 4 N–H and O–H groups in total. The molecule has 0 aromatic carbocycles. The summed E-state index contributed by atoms with van der Waals surface area (Å²) in [7, 11) is 0. The van der Waals surface area contributed by atoms with Gasteiger partial charge in [-0.2, -0.15) is 0 Å². The normalized spacial score (nSPS) is 6.00. The van der Waals surface area contributed by atoms with Gasteiger partial charge in [-0.25, -0.2) is 4.79 Å². The summed E-state index contributed by atoms with van der Waals surface area (Å²) < 4.78 is 0. The van der Waals surface area contributed by atoms with Crippen molar-refractivity contribution in [3.05, 3.63) is 0 Å². The lowest BCUT2D eigenvalue weighted by Crippen LogP contribution is -1.81. The van der Waals surface area contributed by atoms with E-state index in [9.17, 15) is 0 Å². The fourth-order valence-corrected chi connectivity index (χ4v) is 0. The Bertz CT molecular complexity index is 48.0. The van der Waals surface area contributed by atoms with Gasteiger partial charge in [-0.05, 0) is 13.8 Å². The highest BCUT2D eigenvalue weighted by atomic mass is 16.6. The zero-order valence-corrected chi connectivity index (χ0v) is 6.11. The van der Waals surface area contributed by atoms with Crippen LogP contribution >= 0.6 is 0 Å². The zero-order chi connectivity index (χ0) is 8.99. The lowest BCUT2D eigenvalue weighted by molar-refractivity contribution is 0.137. The van der Waals surface area contributed by atoms with Crippen LogP contribution < -0.4 is 0 Å². The number of aliphatic hydroxyl groups excluding tert-OH is 2. The van der Waals surface area contributed by atoms with Gasteiger partial charge in [0.05, 0.1) is 0 Å². The van der Waals surface area contributed by atoms with E-state index in [1.54, 1.807) is 13.8 Å². The molecule has 0 aromatic rings. The molecule has 0 atom stereocenters. The molecule has 5 heteroatoms. The van der Waals surface area contributed by atoms with Gasteiger partial charge in [0.25, 0.3) is 0 Å². The lowest BCUT2D eigenvalue weighted by Gasteiger charge is -1.60. The van der Waals surface area contributed by atoms with Crippen LogP contribution in [0.2, 0.25) is 0 Å². The third kappa shape index (κ3) is 420. The van der Waals surface area contributed by atoms with E-state index in [0.717, 1.165) is 0 Å². The summed E-state index contributed by atoms with van der Waals surface area (Å²) in [5.41, 5.74) is 0. The minimum atomic E-state index is -1.83. The van der Waals surface area contributed by atoms with E-state index in [1.807, 2.05) is 0 Å². The monoisotopic (exact) mass is 154 g/mol. The Balaban J connectivity index is -0.0000000750. The van der Waals surface area contributed by atoms with Crippen molar-refractivity contribution in [2.24, 2.45) is 0 Å². The maximum absolute atomic E-state index is 8.56. The number of carboxylic acid groups (broad SMARTS) is 2. The van der Waals surface area contributed by atoms with Gasteiger partial charge in [0.15, 0.2) is 0 Å². The molecule has 0 amide bonds. The maximum atomic E-state index is 8.56. The second kappa shape index (κ2) is 24.1. The van der Waals surface area contributed by atoms with Gasteiger partial charge in [-0.3, -0.25) is 0 Å². The molecule has 64 valence electrons. The Morgan fingerprint density at radius 3 is 1.10 bits per heavy atom.